The lowest BCUT2D eigenvalue weighted by Gasteiger charge is -2.25. The predicted octanol–water partition coefficient (Wildman–Crippen LogP) is 2.22. The quantitative estimate of drug-likeness (QED) is 0.845. The minimum Gasteiger partial charge on any atom is -0.458 e. The van der Waals surface area contributed by atoms with Crippen LogP contribution in [0.4, 0.5) is 0 Å². The van der Waals surface area contributed by atoms with Crippen LogP contribution in [0.25, 0.3) is 0 Å². The molecule has 0 aliphatic heterocycles. The normalized spacial score (nSPS) is 14.1. The van der Waals surface area contributed by atoms with Gasteiger partial charge >= 0.3 is 5.97 Å². The second-order valence-corrected chi connectivity index (χ2v) is 5.76. The summed E-state index contributed by atoms with van der Waals surface area (Å²) in [6, 6.07) is 8.14. The van der Waals surface area contributed by atoms with Crippen LogP contribution in [0, 0.1) is 0 Å². The Morgan fingerprint density at radius 3 is 2.19 bits per heavy atom. The maximum Gasteiger partial charge on any atom is 0.333 e. The Morgan fingerprint density at radius 1 is 1.14 bits per heavy atom. The summed E-state index contributed by atoms with van der Waals surface area (Å²) in [5, 5.41) is 2.67. The second-order valence-electron chi connectivity index (χ2n) is 5.76. The van der Waals surface area contributed by atoms with E-state index < -0.39 is 23.7 Å². The van der Waals surface area contributed by atoms with E-state index >= 15 is 0 Å². The van der Waals surface area contributed by atoms with Gasteiger partial charge in [0.1, 0.15) is 11.7 Å². The monoisotopic (exact) mass is 293 g/mol. The topological polar surface area (TPSA) is 64.6 Å². The molecule has 0 fully saturated rings. The van der Waals surface area contributed by atoms with E-state index in [1.165, 1.54) is 7.11 Å². The van der Waals surface area contributed by atoms with Crippen LogP contribution in [0.5, 0.6) is 0 Å². The average Bonchev–Trinajstić information content (AvgIpc) is 2.42. The van der Waals surface area contributed by atoms with E-state index in [1.54, 1.807) is 52.0 Å². The van der Waals surface area contributed by atoms with Gasteiger partial charge in [0.2, 0.25) is 5.91 Å². The maximum atomic E-state index is 12.3. The molecule has 0 saturated heterocycles. The highest BCUT2D eigenvalue weighted by Crippen LogP contribution is 2.18. The van der Waals surface area contributed by atoms with Crippen molar-refractivity contribution in [2.75, 3.05) is 7.11 Å². The number of ether oxygens (including phenoxy) is 2. The van der Waals surface area contributed by atoms with Gasteiger partial charge in [-0.15, -0.1) is 0 Å². The van der Waals surface area contributed by atoms with Crippen LogP contribution in [0.15, 0.2) is 30.3 Å². The zero-order chi connectivity index (χ0) is 16.0. The van der Waals surface area contributed by atoms with Crippen molar-refractivity contribution in [3.63, 3.8) is 0 Å². The van der Waals surface area contributed by atoms with E-state index in [4.69, 9.17) is 9.47 Å². The van der Waals surface area contributed by atoms with Crippen LogP contribution in [-0.4, -0.2) is 30.7 Å². The lowest BCUT2D eigenvalue weighted by molar-refractivity contribution is -0.159. The van der Waals surface area contributed by atoms with Crippen molar-refractivity contribution >= 4 is 11.9 Å². The first-order valence-corrected chi connectivity index (χ1v) is 6.85. The summed E-state index contributed by atoms with van der Waals surface area (Å²) in [5.74, 6) is -0.859. The summed E-state index contributed by atoms with van der Waals surface area (Å²) in [4.78, 5) is 24.3. The van der Waals surface area contributed by atoms with E-state index in [-0.39, 0.29) is 5.91 Å². The molecule has 5 heteroatoms. The van der Waals surface area contributed by atoms with Crippen molar-refractivity contribution in [2.24, 2.45) is 0 Å². The van der Waals surface area contributed by atoms with Crippen molar-refractivity contribution in [3.05, 3.63) is 35.9 Å². The number of carbonyl (C=O) groups excluding carboxylic acids is 2. The van der Waals surface area contributed by atoms with Crippen LogP contribution in [0.3, 0.4) is 0 Å². The van der Waals surface area contributed by atoms with E-state index in [1.807, 2.05) is 6.07 Å². The molecule has 2 atom stereocenters. The fraction of sp³-hybridized carbons (Fsp3) is 0.500. The van der Waals surface area contributed by atoms with Crippen molar-refractivity contribution in [2.45, 2.75) is 45.4 Å². The smallest absolute Gasteiger partial charge is 0.333 e. The summed E-state index contributed by atoms with van der Waals surface area (Å²) >= 11 is 0. The number of carbonyl (C=O) groups is 2. The molecule has 1 N–H and O–H groups in total. The van der Waals surface area contributed by atoms with Gasteiger partial charge < -0.3 is 14.8 Å². The molecular formula is C16H23NO4. The molecule has 0 aliphatic carbocycles. The average molecular weight is 293 g/mol. The fourth-order valence-electron chi connectivity index (χ4n) is 1.65. The Morgan fingerprint density at radius 2 is 1.71 bits per heavy atom. The zero-order valence-corrected chi connectivity index (χ0v) is 13.2. The molecule has 1 aromatic carbocycles. The Hall–Kier alpha value is -1.88. The Labute approximate surface area is 125 Å². The van der Waals surface area contributed by atoms with Gasteiger partial charge in [-0.2, -0.15) is 0 Å². The number of esters is 1. The highest BCUT2D eigenvalue weighted by Gasteiger charge is 2.29. The maximum absolute atomic E-state index is 12.3. The minimum absolute atomic E-state index is 0.364. The highest BCUT2D eigenvalue weighted by atomic mass is 16.6. The minimum atomic E-state index is -0.851. The van der Waals surface area contributed by atoms with Crippen LogP contribution >= 0.6 is 0 Å². The number of nitrogens with one attached hydrogen (secondary N) is 1. The van der Waals surface area contributed by atoms with Crippen LogP contribution in [0.2, 0.25) is 0 Å². The van der Waals surface area contributed by atoms with Crippen molar-refractivity contribution in [1.29, 1.82) is 0 Å². The van der Waals surface area contributed by atoms with E-state index in [0.29, 0.717) is 5.56 Å². The number of methoxy groups -OCH3 is 1. The second kappa shape index (κ2) is 7.22. The van der Waals surface area contributed by atoms with Gasteiger partial charge in [0.15, 0.2) is 6.04 Å². The molecule has 0 aliphatic rings. The molecule has 1 rings (SSSR count). The number of rotatable bonds is 5. The Kier molecular flexibility index (Phi) is 5.90. The Balaban J connectivity index is 2.96. The van der Waals surface area contributed by atoms with Gasteiger partial charge in [0.05, 0.1) is 0 Å². The molecule has 0 bridgehead atoms. The van der Waals surface area contributed by atoms with Crippen molar-refractivity contribution in [1.82, 2.24) is 5.32 Å². The van der Waals surface area contributed by atoms with Crippen LogP contribution in [0.1, 0.15) is 39.3 Å². The third-order valence-corrected chi connectivity index (χ3v) is 2.78. The molecule has 0 spiro atoms. The number of hydrogen-bond donors (Lipinski definition) is 1. The summed E-state index contributed by atoms with van der Waals surface area (Å²) < 4.78 is 10.3. The summed E-state index contributed by atoms with van der Waals surface area (Å²) in [5.41, 5.74) is 0.0465. The summed E-state index contributed by atoms with van der Waals surface area (Å²) in [6.45, 7) is 6.97. The molecule has 0 radical (unpaired) electrons. The number of amides is 1. The van der Waals surface area contributed by atoms with E-state index in [9.17, 15) is 9.59 Å². The van der Waals surface area contributed by atoms with Gasteiger partial charge in [0.25, 0.3) is 0 Å². The van der Waals surface area contributed by atoms with E-state index in [0.717, 1.165) is 0 Å². The first-order chi connectivity index (χ1) is 9.74. The fourth-order valence-corrected chi connectivity index (χ4v) is 1.65. The molecular weight excluding hydrogens is 270 g/mol. The molecule has 5 nitrogen and oxygen atoms in total. The highest BCUT2D eigenvalue weighted by molar-refractivity contribution is 5.87. The van der Waals surface area contributed by atoms with Gasteiger partial charge in [-0.3, -0.25) is 4.79 Å². The molecule has 0 saturated carbocycles. The van der Waals surface area contributed by atoms with Crippen LogP contribution < -0.4 is 5.32 Å². The van der Waals surface area contributed by atoms with Gasteiger partial charge in [-0.05, 0) is 33.3 Å². The molecule has 0 aromatic heterocycles. The predicted molar refractivity (Wildman–Crippen MR) is 79.6 cm³/mol. The lowest BCUT2D eigenvalue weighted by atomic mass is 10.1. The molecule has 21 heavy (non-hydrogen) atoms. The standard InChI is InChI=1S/C16H23NO4/c1-11(20-5)14(18)17-13(12-9-7-6-8-10-12)15(19)21-16(2,3)4/h6-11,13H,1-5H3,(H,17,18)/t11?,13-/m1/s1. The molecule has 1 amide bonds. The Bertz CT molecular complexity index is 479. The lowest BCUT2D eigenvalue weighted by Crippen LogP contribution is -2.42. The van der Waals surface area contributed by atoms with Crippen molar-refractivity contribution < 1.29 is 19.1 Å². The summed E-state index contributed by atoms with van der Waals surface area (Å²) in [6.07, 6.45) is -0.640. The van der Waals surface area contributed by atoms with Gasteiger partial charge in [-0.1, -0.05) is 30.3 Å². The number of hydrogen-bond acceptors (Lipinski definition) is 4. The van der Waals surface area contributed by atoms with Crippen molar-refractivity contribution in [3.8, 4) is 0 Å². The summed E-state index contributed by atoms with van der Waals surface area (Å²) in [7, 11) is 1.44. The molecule has 116 valence electrons. The third-order valence-electron chi connectivity index (χ3n) is 2.78. The zero-order valence-electron chi connectivity index (χ0n) is 13.2. The molecule has 1 aromatic rings. The largest absolute Gasteiger partial charge is 0.458 e. The molecule has 0 heterocycles. The number of benzene rings is 1. The van der Waals surface area contributed by atoms with Gasteiger partial charge in [0, 0.05) is 7.11 Å². The third kappa shape index (κ3) is 5.55. The van der Waals surface area contributed by atoms with Gasteiger partial charge in [-0.25, -0.2) is 4.79 Å². The van der Waals surface area contributed by atoms with Crippen LogP contribution in [-0.2, 0) is 19.1 Å². The van der Waals surface area contributed by atoms with E-state index in [2.05, 4.69) is 5.32 Å². The SMILES string of the molecule is COC(C)C(=O)N[C@@H](C(=O)OC(C)(C)C)c1ccccc1. The first kappa shape index (κ1) is 17.2. The first-order valence-electron chi connectivity index (χ1n) is 6.85. The molecule has 1 unspecified atom stereocenters.